The highest BCUT2D eigenvalue weighted by Crippen LogP contribution is 2.30. The van der Waals surface area contributed by atoms with Gasteiger partial charge in [0, 0.05) is 6.42 Å². The zero-order valence-electron chi connectivity index (χ0n) is 13.2. The van der Waals surface area contributed by atoms with Crippen molar-refractivity contribution in [3.8, 4) is 0 Å². The third-order valence-corrected chi connectivity index (χ3v) is 4.01. The van der Waals surface area contributed by atoms with Crippen molar-refractivity contribution in [3.63, 3.8) is 0 Å². The van der Waals surface area contributed by atoms with Gasteiger partial charge in [0.25, 0.3) is 0 Å². The van der Waals surface area contributed by atoms with Crippen LogP contribution in [0.5, 0.6) is 0 Å². The molecule has 0 aromatic carbocycles. The quantitative estimate of drug-likeness (QED) is 0.189. The van der Waals surface area contributed by atoms with Gasteiger partial charge in [0.2, 0.25) is 0 Å². The summed E-state index contributed by atoms with van der Waals surface area (Å²) >= 11 is 0. The Balaban J connectivity index is 1.82. The molecule has 1 saturated heterocycles. The van der Waals surface area contributed by atoms with Crippen LogP contribution in [-0.2, 0) is 9.53 Å². The van der Waals surface area contributed by atoms with Crippen LogP contribution in [0.1, 0.15) is 84.0 Å². The van der Waals surface area contributed by atoms with Gasteiger partial charge in [0.1, 0.15) is 6.29 Å². The maximum atomic E-state index is 10.2. The Morgan fingerprint density at radius 3 is 2.40 bits per heavy atom. The van der Waals surface area contributed by atoms with E-state index in [4.69, 9.17) is 4.74 Å². The van der Waals surface area contributed by atoms with Crippen molar-refractivity contribution in [1.82, 2.24) is 0 Å². The van der Waals surface area contributed by atoms with Gasteiger partial charge in [0.05, 0.1) is 12.2 Å². The van der Waals surface area contributed by atoms with E-state index < -0.39 is 0 Å². The topological polar surface area (TPSA) is 29.6 Å². The molecule has 0 radical (unpaired) electrons. The predicted molar refractivity (Wildman–Crippen MR) is 84.9 cm³/mol. The van der Waals surface area contributed by atoms with Gasteiger partial charge in [-0.1, -0.05) is 57.6 Å². The van der Waals surface area contributed by atoms with E-state index in [1.165, 1.54) is 57.8 Å². The molecule has 1 fully saturated rings. The predicted octanol–water partition coefficient (Wildman–Crippen LogP) is 5.21. The summed E-state index contributed by atoms with van der Waals surface area (Å²) in [7, 11) is 0. The molecule has 116 valence electrons. The van der Waals surface area contributed by atoms with Crippen molar-refractivity contribution in [3.05, 3.63) is 12.2 Å². The molecular weight excluding hydrogens is 248 g/mol. The van der Waals surface area contributed by atoms with Gasteiger partial charge >= 0.3 is 0 Å². The fourth-order valence-electron chi connectivity index (χ4n) is 2.60. The van der Waals surface area contributed by atoms with Crippen molar-refractivity contribution in [1.29, 1.82) is 0 Å². The average Bonchev–Trinajstić information content (AvgIpc) is 3.20. The Morgan fingerprint density at radius 2 is 1.60 bits per heavy atom. The molecule has 0 aromatic rings. The number of epoxide rings is 1. The molecule has 1 heterocycles. The third kappa shape index (κ3) is 9.30. The number of carbonyl (C=O) groups excluding carboxylic acids is 1. The van der Waals surface area contributed by atoms with E-state index in [1.807, 2.05) is 0 Å². The molecule has 0 N–H and O–H groups in total. The monoisotopic (exact) mass is 280 g/mol. The second kappa shape index (κ2) is 12.1. The van der Waals surface area contributed by atoms with Crippen molar-refractivity contribution in [2.75, 3.05) is 0 Å². The standard InChI is InChI=1S/C18H32O2/c1-2-3-4-5-8-11-14-17-18(20-17)15-12-9-6-7-10-13-16-19/h8,11,16-18H,2-7,9-10,12-15H2,1H3. The highest BCUT2D eigenvalue weighted by atomic mass is 16.6. The maximum absolute atomic E-state index is 10.2. The molecule has 20 heavy (non-hydrogen) atoms. The second-order valence-corrected chi connectivity index (χ2v) is 5.93. The molecule has 2 unspecified atom stereocenters. The Morgan fingerprint density at radius 1 is 0.850 bits per heavy atom. The molecule has 2 atom stereocenters. The molecule has 0 aliphatic carbocycles. The summed E-state index contributed by atoms with van der Waals surface area (Å²) in [6.45, 7) is 2.24. The second-order valence-electron chi connectivity index (χ2n) is 5.93. The van der Waals surface area contributed by atoms with Gasteiger partial charge in [-0.2, -0.15) is 0 Å². The van der Waals surface area contributed by atoms with Gasteiger partial charge in [-0.05, 0) is 32.1 Å². The fraction of sp³-hybridized carbons (Fsp3) is 0.833. The molecule has 1 rings (SSSR count). The molecular formula is C18H32O2. The third-order valence-electron chi connectivity index (χ3n) is 4.01. The van der Waals surface area contributed by atoms with Gasteiger partial charge in [-0.25, -0.2) is 0 Å². The van der Waals surface area contributed by atoms with Crippen LogP contribution in [0, 0.1) is 0 Å². The number of allylic oxidation sites excluding steroid dienone is 1. The largest absolute Gasteiger partial charge is 0.369 e. The van der Waals surface area contributed by atoms with Gasteiger partial charge in [-0.15, -0.1) is 0 Å². The number of hydrogen-bond donors (Lipinski definition) is 0. The van der Waals surface area contributed by atoms with E-state index in [0.717, 1.165) is 25.5 Å². The molecule has 0 amide bonds. The first-order valence-electron chi connectivity index (χ1n) is 8.62. The van der Waals surface area contributed by atoms with Crippen LogP contribution in [0.2, 0.25) is 0 Å². The van der Waals surface area contributed by atoms with Crippen LogP contribution in [-0.4, -0.2) is 18.5 Å². The summed E-state index contributed by atoms with van der Waals surface area (Å²) < 4.78 is 5.69. The molecule has 0 spiro atoms. The van der Waals surface area contributed by atoms with Crippen LogP contribution in [0.4, 0.5) is 0 Å². The average molecular weight is 280 g/mol. The van der Waals surface area contributed by atoms with E-state index in [-0.39, 0.29) is 0 Å². The number of rotatable bonds is 14. The summed E-state index contributed by atoms with van der Waals surface area (Å²) in [5.41, 5.74) is 0. The van der Waals surface area contributed by atoms with Crippen LogP contribution in [0.25, 0.3) is 0 Å². The fourth-order valence-corrected chi connectivity index (χ4v) is 2.60. The lowest BCUT2D eigenvalue weighted by Crippen LogP contribution is -1.93. The number of ether oxygens (including phenoxy) is 1. The van der Waals surface area contributed by atoms with Gasteiger partial charge < -0.3 is 9.53 Å². The lowest BCUT2D eigenvalue weighted by molar-refractivity contribution is -0.107. The van der Waals surface area contributed by atoms with Crippen molar-refractivity contribution in [2.45, 2.75) is 96.2 Å². The number of hydrogen-bond acceptors (Lipinski definition) is 2. The first-order valence-corrected chi connectivity index (χ1v) is 8.62. The van der Waals surface area contributed by atoms with Crippen LogP contribution < -0.4 is 0 Å². The smallest absolute Gasteiger partial charge is 0.119 e. The zero-order chi connectivity index (χ0) is 14.5. The first-order chi connectivity index (χ1) is 9.88. The number of aldehydes is 1. The van der Waals surface area contributed by atoms with Crippen LogP contribution in [0.3, 0.4) is 0 Å². The van der Waals surface area contributed by atoms with Gasteiger partial charge in [0.15, 0.2) is 0 Å². The SMILES string of the molecule is CCCCCC=CCC1OC1CCCCCCCC=O. The van der Waals surface area contributed by atoms with E-state index in [1.54, 1.807) is 0 Å². The van der Waals surface area contributed by atoms with Gasteiger partial charge in [-0.3, -0.25) is 0 Å². The van der Waals surface area contributed by atoms with Crippen LogP contribution in [0.15, 0.2) is 12.2 Å². The highest BCUT2D eigenvalue weighted by Gasteiger charge is 2.36. The summed E-state index contributed by atoms with van der Waals surface area (Å²) in [5.74, 6) is 0. The molecule has 2 heteroatoms. The van der Waals surface area contributed by atoms with E-state index in [2.05, 4.69) is 19.1 Å². The van der Waals surface area contributed by atoms with E-state index >= 15 is 0 Å². The minimum Gasteiger partial charge on any atom is -0.369 e. The first kappa shape index (κ1) is 17.4. The summed E-state index contributed by atoms with van der Waals surface area (Å²) in [5, 5.41) is 0. The molecule has 1 aliphatic rings. The molecule has 1 aliphatic heterocycles. The Hall–Kier alpha value is -0.630. The lowest BCUT2D eigenvalue weighted by Gasteiger charge is -1.98. The molecule has 2 nitrogen and oxygen atoms in total. The summed E-state index contributed by atoms with van der Waals surface area (Å²) in [6.07, 6.45) is 21.1. The highest BCUT2D eigenvalue weighted by molar-refractivity contribution is 5.48. The summed E-state index contributed by atoms with van der Waals surface area (Å²) in [6, 6.07) is 0. The molecule has 0 aromatic heterocycles. The Bertz CT molecular complexity index is 260. The minimum absolute atomic E-state index is 0.507. The van der Waals surface area contributed by atoms with E-state index in [9.17, 15) is 4.79 Å². The van der Waals surface area contributed by atoms with E-state index in [0.29, 0.717) is 12.2 Å². The minimum atomic E-state index is 0.507. The Kier molecular flexibility index (Phi) is 10.6. The lowest BCUT2D eigenvalue weighted by atomic mass is 10.1. The van der Waals surface area contributed by atoms with Crippen LogP contribution >= 0.6 is 0 Å². The van der Waals surface area contributed by atoms with Crippen molar-refractivity contribution < 1.29 is 9.53 Å². The van der Waals surface area contributed by atoms with Crippen molar-refractivity contribution in [2.24, 2.45) is 0 Å². The van der Waals surface area contributed by atoms with Crippen molar-refractivity contribution >= 4 is 6.29 Å². The summed E-state index contributed by atoms with van der Waals surface area (Å²) in [4.78, 5) is 10.2. The molecule has 0 bridgehead atoms. The number of carbonyl (C=O) groups is 1. The number of unbranched alkanes of at least 4 members (excludes halogenated alkanes) is 8. The normalized spacial score (nSPS) is 21.4. The maximum Gasteiger partial charge on any atom is 0.119 e. The molecule has 0 saturated carbocycles. The zero-order valence-corrected chi connectivity index (χ0v) is 13.2. The Labute approximate surface area is 125 Å².